The second-order valence-corrected chi connectivity index (χ2v) is 6.75. The SMILES string of the molecule is C[C@H](Nc1nc(=O)n(C2CCCOC2)c(=O)[nH]1)C1CCCCC1. The number of H-pyrrole nitrogens is 1. The van der Waals surface area contributed by atoms with E-state index in [1.54, 1.807) is 0 Å². The molecule has 2 N–H and O–H groups in total. The van der Waals surface area contributed by atoms with Gasteiger partial charge in [0.15, 0.2) is 0 Å². The van der Waals surface area contributed by atoms with E-state index in [1.807, 2.05) is 0 Å². The van der Waals surface area contributed by atoms with Crippen LogP contribution in [0.1, 0.15) is 57.9 Å². The number of rotatable bonds is 4. The summed E-state index contributed by atoms with van der Waals surface area (Å²) >= 11 is 0. The number of nitrogens with zero attached hydrogens (tertiary/aromatic N) is 2. The van der Waals surface area contributed by atoms with E-state index in [9.17, 15) is 9.59 Å². The molecule has 0 radical (unpaired) electrons. The van der Waals surface area contributed by atoms with E-state index in [-0.39, 0.29) is 18.0 Å². The molecule has 7 heteroatoms. The van der Waals surface area contributed by atoms with E-state index in [0.717, 1.165) is 12.8 Å². The first-order valence-electron chi connectivity index (χ1n) is 8.72. The molecule has 23 heavy (non-hydrogen) atoms. The Balaban J connectivity index is 1.74. The fraction of sp³-hybridized carbons (Fsp3) is 0.812. The average molecular weight is 322 g/mol. The highest BCUT2D eigenvalue weighted by Gasteiger charge is 2.23. The molecular formula is C16H26N4O3. The Morgan fingerprint density at radius 1 is 1.22 bits per heavy atom. The van der Waals surface area contributed by atoms with Gasteiger partial charge in [-0.05, 0) is 38.5 Å². The van der Waals surface area contributed by atoms with Gasteiger partial charge in [-0.15, -0.1) is 0 Å². The van der Waals surface area contributed by atoms with Crippen molar-refractivity contribution in [1.29, 1.82) is 0 Å². The van der Waals surface area contributed by atoms with Crippen LogP contribution in [0.25, 0.3) is 0 Å². The molecule has 0 aromatic carbocycles. The molecule has 1 aromatic rings. The van der Waals surface area contributed by atoms with E-state index in [1.165, 1.54) is 36.7 Å². The molecule has 2 aliphatic rings. The highest BCUT2D eigenvalue weighted by atomic mass is 16.5. The number of aromatic nitrogens is 3. The Bertz CT molecular complexity index is 596. The smallest absolute Gasteiger partial charge is 0.355 e. The molecule has 0 bridgehead atoms. The van der Waals surface area contributed by atoms with E-state index < -0.39 is 11.4 Å². The van der Waals surface area contributed by atoms with Gasteiger partial charge in [-0.1, -0.05) is 19.3 Å². The maximum atomic E-state index is 12.3. The maximum Gasteiger partial charge on any atom is 0.355 e. The number of ether oxygens (including phenoxy) is 1. The quantitative estimate of drug-likeness (QED) is 0.880. The van der Waals surface area contributed by atoms with Crippen molar-refractivity contribution in [3.8, 4) is 0 Å². The van der Waals surface area contributed by atoms with Gasteiger partial charge >= 0.3 is 11.4 Å². The van der Waals surface area contributed by atoms with Gasteiger partial charge in [0.2, 0.25) is 5.95 Å². The third kappa shape index (κ3) is 3.83. The van der Waals surface area contributed by atoms with E-state index >= 15 is 0 Å². The van der Waals surface area contributed by atoms with Crippen LogP contribution in [-0.4, -0.2) is 33.8 Å². The fourth-order valence-corrected chi connectivity index (χ4v) is 3.71. The molecule has 0 amide bonds. The Labute approximate surface area is 135 Å². The summed E-state index contributed by atoms with van der Waals surface area (Å²) in [5.74, 6) is 0.856. The third-order valence-electron chi connectivity index (χ3n) is 5.08. The first kappa shape index (κ1) is 16.2. The summed E-state index contributed by atoms with van der Waals surface area (Å²) in [5.41, 5.74) is -0.901. The minimum Gasteiger partial charge on any atom is -0.379 e. The molecule has 7 nitrogen and oxygen atoms in total. The molecule has 2 fully saturated rings. The van der Waals surface area contributed by atoms with Crippen molar-refractivity contribution in [2.75, 3.05) is 18.5 Å². The van der Waals surface area contributed by atoms with Crippen molar-refractivity contribution in [3.05, 3.63) is 21.0 Å². The predicted octanol–water partition coefficient (Wildman–Crippen LogP) is 1.66. The standard InChI is InChI=1S/C16H26N4O3/c1-11(12-6-3-2-4-7-12)17-14-18-15(21)20(16(22)19-14)13-8-5-9-23-10-13/h11-13H,2-10H2,1H3,(H2,17,18,19,21,22)/t11-,13?/m0/s1. The van der Waals surface area contributed by atoms with Gasteiger partial charge < -0.3 is 10.1 Å². The molecular weight excluding hydrogens is 296 g/mol. The van der Waals surface area contributed by atoms with E-state index in [0.29, 0.717) is 19.1 Å². The molecule has 2 atom stereocenters. The fourth-order valence-electron chi connectivity index (χ4n) is 3.71. The molecule has 2 heterocycles. The summed E-state index contributed by atoms with van der Waals surface area (Å²) in [5, 5.41) is 3.21. The van der Waals surface area contributed by atoms with Gasteiger partial charge in [0.1, 0.15) is 0 Å². The highest BCUT2D eigenvalue weighted by molar-refractivity contribution is 5.23. The molecule has 1 saturated carbocycles. The zero-order valence-corrected chi connectivity index (χ0v) is 13.7. The van der Waals surface area contributed by atoms with Crippen LogP contribution in [0.15, 0.2) is 9.59 Å². The first-order chi connectivity index (χ1) is 11.1. The van der Waals surface area contributed by atoms with Crippen LogP contribution < -0.4 is 16.7 Å². The van der Waals surface area contributed by atoms with Crippen LogP contribution in [-0.2, 0) is 4.74 Å². The van der Waals surface area contributed by atoms with Crippen LogP contribution in [0, 0.1) is 5.92 Å². The van der Waals surface area contributed by atoms with Gasteiger partial charge in [-0.2, -0.15) is 4.98 Å². The molecule has 1 aliphatic heterocycles. The number of hydrogen-bond donors (Lipinski definition) is 2. The zero-order chi connectivity index (χ0) is 16.2. The van der Waals surface area contributed by atoms with Crippen LogP contribution in [0.5, 0.6) is 0 Å². The minimum atomic E-state index is -0.498. The van der Waals surface area contributed by atoms with Crippen LogP contribution >= 0.6 is 0 Å². The topological polar surface area (TPSA) is 89.0 Å². The molecule has 128 valence electrons. The van der Waals surface area contributed by atoms with Crippen molar-refractivity contribution in [2.24, 2.45) is 5.92 Å². The van der Waals surface area contributed by atoms with Gasteiger partial charge in [0.25, 0.3) is 0 Å². The molecule has 1 unspecified atom stereocenters. The summed E-state index contributed by atoms with van der Waals surface area (Å²) in [4.78, 5) is 31.3. The molecule has 1 aliphatic carbocycles. The predicted molar refractivity (Wildman–Crippen MR) is 87.9 cm³/mol. The number of aromatic amines is 1. The molecule has 1 saturated heterocycles. The molecule has 0 spiro atoms. The normalized spacial score (nSPS) is 24.3. The first-order valence-corrected chi connectivity index (χ1v) is 8.72. The largest absolute Gasteiger partial charge is 0.379 e. The average Bonchev–Trinajstić information content (AvgIpc) is 2.56. The lowest BCUT2D eigenvalue weighted by Gasteiger charge is -2.28. The summed E-state index contributed by atoms with van der Waals surface area (Å²) in [6.45, 7) is 3.18. The van der Waals surface area contributed by atoms with Crippen molar-refractivity contribution in [2.45, 2.75) is 64.0 Å². The van der Waals surface area contributed by atoms with Crippen molar-refractivity contribution >= 4 is 5.95 Å². The molecule has 1 aromatic heterocycles. The maximum absolute atomic E-state index is 12.3. The van der Waals surface area contributed by atoms with Gasteiger partial charge in [-0.3, -0.25) is 4.98 Å². The lowest BCUT2D eigenvalue weighted by atomic mass is 9.85. The summed E-state index contributed by atoms with van der Waals surface area (Å²) < 4.78 is 6.55. The van der Waals surface area contributed by atoms with Crippen LogP contribution in [0.4, 0.5) is 5.95 Å². The van der Waals surface area contributed by atoms with Crippen molar-refractivity contribution in [1.82, 2.24) is 14.5 Å². The van der Waals surface area contributed by atoms with E-state index in [2.05, 4.69) is 22.2 Å². The summed E-state index contributed by atoms with van der Waals surface area (Å²) in [7, 11) is 0. The molecule has 3 rings (SSSR count). The Kier molecular flexibility index (Phi) is 5.15. The highest BCUT2D eigenvalue weighted by Crippen LogP contribution is 2.27. The lowest BCUT2D eigenvalue weighted by molar-refractivity contribution is 0.0559. The zero-order valence-electron chi connectivity index (χ0n) is 13.7. The lowest BCUT2D eigenvalue weighted by Crippen LogP contribution is -2.43. The third-order valence-corrected chi connectivity index (χ3v) is 5.08. The monoisotopic (exact) mass is 322 g/mol. The van der Waals surface area contributed by atoms with Gasteiger partial charge in [0, 0.05) is 12.6 Å². The second kappa shape index (κ2) is 7.29. The number of nitrogens with one attached hydrogen (secondary N) is 2. The second-order valence-electron chi connectivity index (χ2n) is 6.75. The van der Waals surface area contributed by atoms with Crippen LogP contribution in [0.2, 0.25) is 0 Å². The van der Waals surface area contributed by atoms with Crippen molar-refractivity contribution in [3.63, 3.8) is 0 Å². The number of hydrogen-bond acceptors (Lipinski definition) is 5. The van der Waals surface area contributed by atoms with Gasteiger partial charge in [0.05, 0.1) is 12.6 Å². The van der Waals surface area contributed by atoms with E-state index in [4.69, 9.17) is 4.74 Å². The summed E-state index contributed by atoms with van der Waals surface area (Å²) in [6.07, 6.45) is 7.82. The van der Waals surface area contributed by atoms with Gasteiger partial charge in [-0.25, -0.2) is 14.2 Å². The van der Waals surface area contributed by atoms with Crippen molar-refractivity contribution < 1.29 is 4.74 Å². The van der Waals surface area contributed by atoms with Crippen LogP contribution in [0.3, 0.4) is 0 Å². The minimum absolute atomic E-state index is 0.201. The number of anilines is 1. The Hall–Kier alpha value is -1.63. The summed E-state index contributed by atoms with van der Waals surface area (Å²) in [6, 6.07) is -0.0102. The Morgan fingerprint density at radius 3 is 2.65 bits per heavy atom. The Morgan fingerprint density at radius 2 is 2.00 bits per heavy atom.